The van der Waals surface area contributed by atoms with Crippen LogP contribution >= 0.6 is 0 Å². The molecule has 0 bridgehead atoms. The van der Waals surface area contributed by atoms with Crippen molar-refractivity contribution in [2.75, 3.05) is 0 Å². The maximum absolute atomic E-state index is 2.47. The Hall–Kier alpha value is 0.539. The minimum atomic E-state index is -1.64. The predicted molar refractivity (Wildman–Crippen MR) is 56.6 cm³/mol. The van der Waals surface area contributed by atoms with Gasteiger partial charge in [0.25, 0.3) is 0 Å². The average molecular weight is 261 g/mol. The summed E-state index contributed by atoms with van der Waals surface area (Å²) >= 11 is -1.64. The van der Waals surface area contributed by atoms with Gasteiger partial charge in [-0.2, -0.15) is 0 Å². The van der Waals surface area contributed by atoms with Gasteiger partial charge in [-0.15, -0.1) is 0 Å². The van der Waals surface area contributed by atoms with Crippen LogP contribution in [-0.2, 0) is 0 Å². The van der Waals surface area contributed by atoms with Crippen LogP contribution in [0.25, 0.3) is 0 Å². The van der Waals surface area contributed by atoms with E-state index in [-0.39, 0.29) is 0 Å². The van der Waals surface area contributed by atoms with Crippen molar-refractivity contribution in [3.05, 3.63) is 9.67 Å². The molecule has 0 rings (SSSR count). The Morgan fingerprint density at radius 3 is 2.00 bits per heavy atom. The normalized spacial score (nSPS) is 14.3. The van der Waals surface area contributed by atoms with Crippen molar-refractivity contribution in [3.8, 4) is 0 Å². The van der Waals surface area contributed by atoms with Crippen LogP contribution in [0.3, 0.4) is 0 Å². The molecule has 0 fully saturated rings. The van der Waals surface area contributed by atoms with E-state index in [2.05, 4.69) is 41.7 Å². The van der Waals surface area contributed by atoms with Crippen LogP contribution in [0.2, 0.25) is 14.8 Å². The van der Waals surface area contributed by atoms with Crippen LogP contribution in [0.1, 0.15) is 27.2 Å². The van der Waals surface area contributed by atoms with Crippen molar-refractivity contribution in [2.24, 2.45) is 5.92 Å². The van der Waals surface area contributed by atoms with Gasteiger partial charge in [0.15, 0.2) is 0 Å². The van der Waals surface area contributed by atoms with E-state index in [4.69, 9.17) is 0 Å². The summed E-state index contributed by atoms with van der Waals surface area (Å²) in [5.41, 5.74) is 0. The molecule has 0 unspecified atom stereocenters. The van der Waals surface area contributed by atoms with Crippen LogP contribution in [0.4, 0.5) is 0 Å². The summed E-state index contributed by atoms with van der Waals surface area (Å²) in [4.78, 5) is 7.42. The third kappa shape index (κ3) is 5.77. The second-order valence-corrected chi connectivity index (χ2v) is 19.9. The van der Waals surface area contributed by atoms with E-state index >= 15 is 0 Å². The number of hydrogen-bond donors (Lipinski definition) is 0. The van der Waals surface area contributed by atoms with Gasteiger partial charge < -0.3 is 0 Å². The summed E-state index contributed by atoms with van der Waals surface area (Å²) in [5.74, 6) is 0.818. The van der Waals surface area contributed by atoms with Gasteiger partial charge in [-0.25, -0.2) is 0 Å². The second-order valence-electron chi connectivity index (χ2n) is 4.77. The molecule has 0 nitrogen and oxygen atoms in total. The first-order valence-electron chi connectivity index (χ1n) is 4.51. The molecule has 11 heavy (non-hydrogen) atoms. The zero-order chi connectivity index (χ0) is 9.07. The molecular formula is C10H22Sn. The van der Waals surface area contributed by atoms with Crippen LogP contribution < -0.4 is 0 Å². The van der Waals surface area contributed by atoms with Gasteiger partial charge in [0, 0.05) is 0 Å². The minimum absolute atomic E-state index is 0.818. The molecule has 0 aliphatic carbocycles. The van der Waals surface area contributed by atoms with Crippen molar-refractivity contribution in [2.45, 2.75) is 42.0 Å². The fourth-order valence-electron chi connectivity index (χ4n) is 0.719. The van der Waals surface area contributed by atoms with E-state index in [1.54, 1.807) is 3.59 Å². The molecular weight excluding hydrogens is 239 g/mol. The molecule has 0 radical (unpaired) electrons. The molecule has 0 saturated carbocycles. The third-order valence-corrected chi connectivity index (χ3v) is 9.41. The SMILES string of the molecule is C/[C](=C\CC(C)C)[Sn]([CH3])([CH3])[CH3]. The monoisotopic (exact) mass is 262 g/mol. The van der Waals surface area contributed by atoms with Gasteiger partial charge in [-0.05, 0) is 0 Å². The van der Waals surface area contributed by atoms with E-state index in [9.17, 15) is 0 Å². The first-order chi connectivity index (χ1) is 4.84. The Kier molecular flexibility index (Phi) is 4.76. The van der Waals surface area contributed by atoms with Crippen molar-refractivity contribution < 1.29 is 0 Å². The summed E-state index contributed by atoms with van der Waals surface area (Å²) in [6.07, 6.45) is 3.72. The van der Waals surface area contributed by atoms with Crippen LogP contribution in [-0.4, -0.2) is 18.4 Å². The molecule has 0 atom stereocenters. The topological polar surface area (TPSA) is 0 Å². The molecule has 0 aromatic carbocycles. The zero-order valence-electron chi connectivity index (χ0n) is 8.86. The molecule has 0 aliphatic heterocycles. The van der Waals surface area contributed by atoms with Crippen molar-refractivity contribution in [3.63, 3.8) is 0 Å². The summed E-state index contributed by atoms with van der Waals surface area (Å²) in [7, 11) is 0. The Morgan fingerprint density at radius 1 is 1.27 bits per heavy atom. The Balaban J connectivity index is 4.02. The van der Waals surface area contributed by atoms with Gasteiger partial charge in [0.1, 0.15) is 0 Å². The predicted octanol–water partition coefficient (Wildman–Crippen LogP) is 3.86. The number of hydrogen-bond acceptors (Lipinski definition) is 0. The zero-order valence-corrected chi connectivity index (χ0v) is 11.7. The average Bonchev–Trinajstić information content (AvgIpc) is 1.80. The Labute approximate surface area is 76.0 Å². The van der Waals surface area contributed by atoms with Crippen LogP contribution in [0.15, 0.2) is 9.67 Å². The number of allylic oxidation sites excluding steroid dienone is 2. The summed E-state index contributed by atoms with van der Waals surface area (Å²) < 4.78 is 1.72. The fraction of sp³-hybridized carbons (Fsp3) is 0.800. The van der Waals surface area contributed by atoms with Gasteiger partial charge in [0.05, 0.1) is 0 Å². The summed E-state index contributed by atoms with van der Waals surface area (Å²) in [6, 6.07) is 0. The molecule has 0 saturated heterocycles. The van der Waals surface area contributed by atoms with E-state index in [1.165, 1.54) is 6.42 Å². The van der Waals surface area contributed by atoms with Crippen LogP contribution in [0.5, 0.6) is 0 Å². The van der Waals surface area contributed by atoms with Gasteiger partial charge in [-0.1, -0.05) is 0 Å². The first-order valence-corrected chi connectivity index (χ1v) is 14.5. The Bertz CT molecular complexity index is 137. The molecule has 0 spiro atoms. The molecule has 0 amide bonds. The van der Waals surface area contributed by atoms with Crippen molar-refractivity contribution in [1.29, 1.82) is 0 Å². The van der Waals surface area contributed by atoms with Gasteiger partial charge >= 0.3 is 76.0 Å². The molecule has 0 aliphatic rings. The van der Waals surface area contributed by atoms with E-state index in [0.717, 1.165) is 5.92 Å². The first kappa shape index (κ1) is 11.5. The summed E-state index contributed by atoms with van der Waals surface area (Å²) in [6.45, 7) is 6.88. The van der Waals surface area contributed by atoms with Crippen molar-refractivity contribution >= 4 is 18.4 Å². The van der Waals surface area contributed by atoms with E-state index in [0.29, 0.717) is 0 Å². The fourth-order valence-corrected chi connectivity index (χ4v) is 2.80. The van der Waals surface area contributed by atoms with Gasteiger partial charge in [0.2, 0.25) is 0 Å². The third-order valence-electron chi connectivity index (χ3n) is 2.08. The van der Waals surface area contributed by atoms with Crippen molar-refractivity contribution in [1.82, 2.24) is 0 Å². The molecule has 0 aromatic heterocycles. The molecule has 66 valence electrons. The molecule has 0 aromatic rings. The Morgan fingerprint density at radius 2 is 1.73 bits per heavy atom. The van der Waals surface area contributed by atoms with Crippen LogP contribution in [0, 0.1) is 5.92 Å². The van der Waals surface area contributed by atoms with E-state index < -0.39 is 18.4 Å². The summed E-state index contributed by atoms with van der Waals surface area (Å²) in [5, 5.41) is 0. The quantitative estimate of drug-likeness (QED) is 0.677. The van der Waals surface area contributed by atoms with Gasteiger partial charge in [-0.3, -0.25) is 0 Å². The molecule has 0 heterocycles. The molecule has 0 N–H and O–H groups in total. The molecule has 1 heteroatoms. The second kappa shape index (κ2) is 4.54. The maximum atomic E-state index is 2.47. The number of rotatable bonds is 3. The standard InChI is InChI=1S/C7H13.3CH3.Sn/c1-4-5-6-7(2)3;;;;/h5,7H,6H2,1-3H3;3*1H3;. The van der Waals surface area contributed by atoms with E-state index in [1.807, 2.05) is 0 Å².